The summed E-state index contributed by atoms with van der Waals surface area (Å²) in [6.45, 7) is 3.63. The Labute approximate surface area is 119 Å². The van der Waals surface area contributed by atoms with E-state index in [9.17, 15) is 0 Å². The maximum atomic E-state index is 5.99. The Balaban J connectivity index is 2.02. The molecule has 2 unspecified atom stereocenters. The normalized spacial score (nSPS) is 28.4. The number of hydrogen-bond acceptors (Lipinski definition) is 1. The molecule has 1 nitrogen and oxygen atoms in total. The van der Waals surface area contributed by atoms with Gasteiger partial charge in [0.15, 0.2) is 0 Å². The maximum absolute atomic E-state index is 5.99. The molecule has 2 atom stereocenters. The van der Waals surface area contributed by atoms with Gasteiger partial charge in [-0.15, -0.1) is 0 Å². The van der Waals surface area contributed by atoms with Crippen molar-refractivity contribution in [2.24, 2.45) is 0 Å². The molecule has 0 aliphatic carbocycles. The predicted molar refractivity (Wildman–Crippen MR) is 90.2 cm³/mol. The molecule has 0 N–H and O–H groups in total. The molecule has 1 heterocycles. The quantitative estimate of drug-likeness (QED) is 0.746. The lowest BCUT2D eigenvalue weighted by Gasteiger charge is -2.39. The average Bonchev–Trinajstić information content (AvgIpc) is 2.49. The second kappa shape index (κ2) is 5.58. The van der Waals surface area contributed by atoms with Crippen LogP contribution >= 0.6 is 0 Å². The molecule has 2 aromatic rings. The molecule has 0 bridgehead atoms. The van der Waals surface area contributed by atoms with Gasteiger partial charge in [-0.3, -0.25) is 0 Å². The largest absolute Gasteiger partial charge is 0.428 e. The van der Waals surface area contributed by atoms with Gasteiger partial charge in [-0.25, -0.2) is 0 Å². The van der Waals surface area contributed by atoms with Crippen LogP contribution in [0, 0.1) is 0 Å². The van der Waals surface area contributed by atoms with Crippen LogP contribution in [0.5, 0.6) is 0 Å². The van der Waals surface area contributed by atoms with E-state index in [1.54, 1.807) is 10.4 Å². The monoisotopic (exact) mass is 300 g/mol. The lowest BCUT2D eigenvalue weighted by molar-refractivity contribution is 0.365. The van der Waals surface area contributed by atoms with Crippen molar-refractivity contribution in [2.75, 3.05) is 6.61 Å². The fourth-order valence-corrected chi connectivity index (χ4v) is 26.5. The molecular formula is C15H20OSi3. The smallest absolute Gasteiger partial charge is 0.150 e. The van der Waals surface area contributed by atoms with Crippen LogP contribution in [-0.2, 0) is 4.43 Å². The van der Waals surface area contributed by atoms with Crippen LogP contribution in [0.1, 0.15) is 0 Å². The highest BCUT2D eigenvalue weighted by Crippen LogP contribution is 2.18. The van der Waals surface area contributed by atoms with Gasteiger partial charge in [0.2, 0.25) is 0 Å². The molecule has 0 amide bonds. The second-order valence-electron chi connectivity index (χ2n) is 5.57. The highest BCUT2D eigenvalue weighted by molar-refractivity contribution is 7.59. The third-order valence-electron chi connectivity index (χ3n) is 4.45. The summed E-state index contributed by atoms with van der Waals surface area (Å²) in [5.41, 5.74) is 0. The van der Waals surface area contributed by atoms with E-state index >= 15 is 0 Å². The molecule has 0 saturated carbocycles. The van der Waals surface area contributed by atoms with Crippen LogP contribution in [0.15, 0.2) is 60.7 Å². The molecule has 0 aromatic heterocycles. The van der Waals surface area contributed by atoms with Crippen LogP contribution in [0.2, 0.25) is 12.6 Å². The SMILES string of the molecule is C[Si]1(c2ccccc2)CCO[SiH2][SiH]1c1ccccc1. The summed E-state index contributed by atoms with van der Waals surface area (Å²) in [6, 6.07) is 23.8. The lowest BCUT2D eigenvalue weighted by atomic mass is 10.4. The number of benzene rings is 2. The maximum Gasteiger partial charge on any atom is 0.150 e. The molecule has 1 saturated heterocycles. The van der Waals surface area contributed by atoms with Crippen molar-refractivity contribution >= 4 is 35.1 Å². The van der Waals surface area contributed by atoms with Gasteiger partial charge in [-0.1, -0.05) is 77.6 Å². The van der Waals surface area contributed by atoms with Crippen molar-refractivity contribution in [2.45, 2.75) is 12.6 Å². The Bertz CT molecular complexity index is 532. The molecule has 1 aliphatic rings. The van der Waals surface area contributed by atoms with Gasteiger partial charge in [0.1, 0.15) is 9.28 Å². The van der Waals surface area contributed by atoms with Crippen molar-refractivity contribution in [3.63, 3.8) is 0 Å². The second-order valence-corrected chi connectivity index (χ2v) is 23.8. The van der Waals surface area contributed by atoms with Crippen molar-refractivity contribution in [3.8, 4) is 0 Å². The van der Waals surface area contributed by atoms with Gasteiger partial charge >= 0.3 is 0 Å². The fourth-order valence-electron chi connectivity index (χ4n) is 3.16. The molecule has 4 heteroatoms. The first kappa shape index (κ1) is 13.1. The topological polar surface area (TPSA) is 9.23 Å². The Morgan fingerprint density at radius 3 is 2.32 bits per heavy atom. The summed E-state index contributed by atoms with van der Waals surface area (Å²) < 4.78 is 5.99. The molecule has 2 aromatic carbocycles. The number of rotatable bonds is 2. The molecule has 3 rings (SSSR count). The molecule has 98 valence electrons. The van der Waals surface area contributed by atoms with Gasteiger partial charge in [0.05, 0.1) is 15.4 Å². The van der Waals surface area contributed by atoms with Crippen molar-refractivity contribution in [1.29, 1.82) is 0 Å². The minimum absolute atomic E-state index is 0.323. The van der Waals surface area contributed by atoms with Crippen molar-refractivity contribution in [1.82, 2.24) is 0 Å². The van der Waals surface area contributed by atoms with Gasteiger partial charge in [-0.2, -0.15) is 0 Å². The van der Waals surface area contributed by atoms with E-state index in [1.165, 1.54) is 6.04 Å². The summed E-state index contributed by atoms with van der Waals surface area (Å²) in [5.74, 6) is 0. The minimum atomic E-state index is -1.31. The Hall–Kier alpha value is -0.949. The van der Waals surface area contributed by atoms with E-state index in [2.05, 4.69) is 67.2 Å². The van der Waals surface area contributed by atoms with E-state index in [-0.39, 0.29) is 9.28 Å². The Morgan fingerprint density at radius 2 is 1.63 bits per heavy atom. The first-order valence-corrected chi connectivity index (χ1v) is 15.9. The lowest BCUT2D eigenvalue weighted by Crippen LogP contribution is -2.69. The van der Waals surface area contributed by atoms with E-state index < -0.39 is 15.4 Å². The zero-order chi connectivity index (χ0) is 13.1. The average molecular weight is 301 g/mol. The van der Waals surface area contributed by atoms with E-state index in [0.717, 1.165) is 6.61 Å². The molecule has 1 fully saturated rings. The van der Waals surface area contributed by atoms with Crippen molar-refractivity contribution in [3.05, 3.63) is 60.7 Å². The molecule has 19 heavy (non-hydrogen) atoms. The van der Waals surface area contributed by atoms with Crippen LogP contribution in [0.3, 0.4) is 0 Å². The summed E-state index contributed by atoms with van der Waals surface area (Å²) in [4.78, 5) is 0. The third kappa shape index (κ3) is 2.53. The molecule has 0 spiro atoms. The van der Waals surface area contributed by atoms with Gasteiger partial charge in [-0.05, 0) is 6.04 Å². The predicted octanol–water partition coefficient (Wildman–Crippen LogP) is 0.796. The van der Waals surface area contributed by atoms with Gasteiger partial charge in [0.25, 0.3) is 0 Å². The summed E-state index contributed by atoms with van der Waals surface area (Å²) in [7, 11) is -2.52. The number of hydrogen-bond donors (Lipinski definition) is 0. The zero-order valence-electron chi connectivity index (χ0n) is 11.4. The van der Waals surface area contributed by atoms with E-state index in [4.69, 9.17) is 4.43 Å². The Kier molecular flexibility index (Phi) is 3.84. The van der Waals surface area contributed by atoms with E-state index in [1.807, 2.05) is 0 Å². The molecule has 0 radical (unpaired) electrons. The van der Waals surface area contributed by atoms with Gasteiger partial charge < -0.3 is 4.43 Å². The standard InChI is InChI=1S/C15H20OSi3/c1-19(15-10-6-3-7-11-15)13-12-16-17-18(19)14-8-4-2-5-9-14/h2-11,18H,12-13,17H2,1H3. The Morgan fingerprint density at radius 1 is 1.00 bits per heavy atom. The third-order valence-corrected chi connectivity index (χ3v) is 31.1. The zero-order valence-corrected chi connectivity index (χ0v) is 14.9. The molecule has 1 aliphatic heterocycles. The van der Waals surface area contributed by atoms with Crippen LogP contribution in [0.25, 0.3) is 0 Å². The molecular weight excluding hydrogens is 280 g/mol. The summed E-state index contributed by atoms with van der Waals surface area (Å²) in [6.07, 6.45) is 0. The van der Waals surface area contributed by atoms with E-state index in [0.29, 0.717) is 0 Å². The summed E-state index contributed by atoms with van der Waals surface area (Å²) in [5, 5.41) is 3.30. The highest BCUT2D eigenvalue weighted by Gasteiger charge is 2.43. The first-order valence-electron chi connectivity index (χ1n) is 6.99. The fraction of sp³-hybridized carbons (Fsp3) is 0.200. The van der Waals surface area contributed by atoms with Gasteiger partial charge in [0, 0.05) is 6.61 Å². The first-order chi connectivity index (χ1) is 9.31. The van der Waals surface area contributed by atoms with Crippen LogP contribution in [-0.4, -0.2) is 31.3 Å². The minimum Gasteiger partial charge on any atom is -0.428 e. The van der Waals surface area contributed by atoms with Crippen LogP contribution < -0.4 is 10.4 Å². The highest BCUT2D eigenvalue weighted by atomic mass is 29.6. The van der Waals surface area contributed by atoms with Crippen molar-refractivity contribution < 1.29 is 4.43 Å². The van der Waals surface area contributed by atoms with Crippen LogP contribution in [0.4, 0.5) is 0 Å². The summed E-state index contributed by atoms with van der Waals surface area (Å²) >= 11 is 0.